The zero-order chi connectivity index (χ0) is 25.7. The molecule has 12 heteroatoms. The number of hydrogen-bond acceptors (Lipinski definition) is 7. The fourth-order valence-corrected chi connectivity index (χ4v) is 5.80. The van der Waals surface area contributed by atoms with Gasteiger partial charge in [-0.25, -0.2) is 9.59 Å². The highest BCUT2D eigenvalue weighted by Gasteiger charge is 2.57. The number of nitrogens with one attached hydrogen (secondary N) is 1. The number of aromatic nitrogens is 2. The van der Waals surface area contributed by atoms with Crippen LogP contribution in [0, 0.1) is 11.8 Å². The summed E-state index contributed by atoms with van der Waals surface area (Å²) < 4.78 is 1.57. The largest absolute Gasteiger partial charge is 0.353 e. The Morgan fingerprint density at radius 3 is 2.49 bits per heavy atom. The van der Waals surface area contributed by atoms with Gasteiger partial charge in [-0.3, -0.25) is 14.7 Å². The number of nitrogens with zero attached hydrogens (tertiary/aromatic N) is 5. The molecule has 5 rings (SSSR count). The zero-order valence-electron chi connectivity index (χ0n) is 21.7. The van der Waals surface area contributed by atoms with Crippen LogP contribution in [0.25, 0.3) is 5.70 Å². The molecule has 0 aromatic carbocycles. The summed E-state index contributed by atoms with van der Waals surface area (Å²) in [6.07, 6.45) is 7.80. The third-order valence-electron chi connectivity index (χ3n) is 8.04. The highest BCUT2D eigenvalue weighted by Crippen LogP contribution is 2.47. The van der Waals surface area contributed by atoms with Gasteiger partial charge in [-0.15, -0.1) is 12.4 Å². The fourth-order valence-electron chi connectivity index (χ4n) is 5.80. The van der Waals surface area contributed by atoms with Crippen LogP contribution in [0.15, 0.2) is 23.1 Å². The van der Waals surface area contributed by atoms with Crippen molar-refractivity contribution in [2.45, 2.75) is 50.6 Å². The second kappa shape index (κ2) is 10.4. The summed E-state index contributed by atoms with van der Waals surface area (Å²) >= 11 is 0. The number of likely N-dealkylation sites (tertiary alicyclic amines) is 1. The summed E-state index contributed by atoms with van der Waals surface area (Å²) in [5.41, 5.74) is 11.9. The summed E-state index contributed by atoms with van der Waals surface area (Å²) in [5.74, 6) is 1.37. The lowest BCUT2D eigenvalue weighted by Crippen LogP contribution is -2.58. The first-order valence-corrected chi connectivity index (χ1v) is 13.0. The number of hydrogen-bond donors (Lipinski definition) is 3. The van der Waals surface area contributed by atoms with E-state index in [1.54, 1.807) is 40.5 Å². The molecular weight excluding hydrogens is 496 g/mol. The lowest BCUT2D eigenvalue weighted by Gasteiger charge is -2.37. The lowest BCUT2D eigenvalue weighted by molar-refractivity contribution is -0.137. The molecule has 3 unspecified atom stereocenters. The predicted octanol–water partition coefficient (Wildman–Crippen LogP) is 0.753. The Labute approximate surface area is 223 Å². The quantitative estimate of drug-likeness (QED) is 0.506. The van der Waals surface area contributed by atoms with Gasteiger partial charge in [0.15, 0.2) is 0 Å². The van der Waals surface area contributed by atoms with Crippen molar-refractivity contribution in [3.63, 3.8) is 0 Å². The first-order chi connectivity index (χ1) is 17.0. The normalized spacial score (nSPS) is 27.7. The Bertz CT molecular complexity index is 1120. The van der Waals surface area contributed by atoms with E-state index in [1.165, 1.54) is 6.42 Å². The molecule has 3 amide bonds. The number of amides is 3. The predicted molar refractivity (Wildman–Crippen MR) is 144 cm³/mol. The van der Waals surface area contributed by atoms with Gasteiger partial charge >= 0.3 is 11.7 Å². The molecule has 1 aromatic heterocycles. The topological polar surface area (TPSA) is 143 Å². The van der Waals surface area contributed by atoms with E-state index in [0.29, 0.717) is 38.0 Å². The van der Waals surface area contributed by atoms with Crippen LogP contribution in [-0.4, -0.2) is 93.1 Å². The van der Waals surface area contributed by atoms with Gasteiger partial charge in [0.25, 0.3) is 0 Å². The molecule has 0 radical (unpaired) electrons. The standard InChI is InChI=1S/C25H38N8O3.ClH/c1-24(2,26)21(34)31-9-11-32(12-10-31)22(35)28-20-7-8-33(23(36)29-20)19-5-3-17(4-6-19)14-30-15-18-13-25(18,27)16-30;/h5,7-8,17-18H,3-4,6,9-16,26-27H2,1-2H3,(H,28,29,35,36);1H. The molecule has 3 fully saturated rings. The minimum Gasteiger partial charge on any atom is -0.338 e. The smallest absolute Gasteiger partial charge is 0.338 e. The maximum atomic E-state index is 12.7. The van der Waals surface area contributed by atoms with Crippen LogP contribution in [0.2, 0.25) is 0 Å². The number of carbonyl (C=O) groups excluding carboxylic acids is 2. The van der Waals surface area contributed by atoms with Crippen molar-refractivity contribution in [2.24, 2.45) is 23.3 Å². The number of allylic oxidation sites excluding steroid dienone is 2. The minimum atomic E-state index is -0.935. The first kappa shape index (κ1) is 27.6. The van der Waals surface area contributed by atoms with Crippen molar-refractivity contribution < 1.29 is 9.59 Å². The number of nitrogens with two attached hydrogens (primary N) is 2. The number of rotatable bonds is 5. The summed E-state index contributed by atoms with van der Waals surface area (Å²) in [5, 5.41) is 2.71. The Morgan fingerprint density at radius 1 is 1.22 bits per heavy atom. The van der Waals surface area contributed by atoms with Gasteiger partial charge in [0.1, 0.15) is 5.82 Å². The van der Waals surface area contributed by atoms with E-state index in [9.17, 15) is 14.4 Å². The third-order valence-corrected chi connectivity index (χ3v) is 8.04. The van der Waals surface area contributed by atoms with Gasteiger partial charge in [0.05, 0.1) is 5.54 Å². The Hall–Kier alpha value is -2.47. The molecule has 11 nitrogen and oxygen atoms in total. The molecule has 204 valence electrons. The molecule has 0 bridgehead atoms. The number of urea groups is 1. The summed E-state index contributed by atoms with van der Waals surface area (Å²) in [6.45, 7) is 8.19. The maximum absolute atomic E-state index is 12.7. The highest BCUT2D eigenvalue weighted by atomic mass is 35.5. The molecular formula is C25H39ClN8O3. The molecule has 0 spiro atoms. The van der Waals surface area contributed by atoms with E-state index in [0.717, 1.165) is 44.6 Å². The van der Waals surface area contributed by atoms with Crippen molar-refractivity contribution >= 4 is 35.9 Å². The number of anilines is 1. The average Bonchev–Trinajstić information content (AvgIpc) is 3.35. The summed E-state index contributed by atoms with van der Waals surface area (Å²) in [7, 11) is 0. The van der Waals surface area contributed by atoms with E-state index < -0.39 is 11.2 Å². The monoisotopic (exact) mass is 534 g/mol. The van der Waals surface area contributed by atoms with Crippen LogP contribution < -0.4 is 22.5 Å². The van der Waals surface area contributed by atoms with Crippen LogP contribution in [0.5, 0.6) is 0 Å². The van der Waals surface area contributed by atoms with Gasteiger partial charge in [0.2, 0.25) is 5.91 Å². The Morgan fingerprint density at radius 2 is 1.92 bits per heavy atom. The molecule has 2 aliphatic heterocycles. The van der Waals surface area contributed by atoms with Crippen LogP contribution in [0.4, 0.5) is 10.6 Å². The van der Waals surface area contributed by atoms with Crippen molar-refractivity contribution in [3.05, 3.63) is 28.8 Å². The first-order valence-electron chi connectivity index (χ1n) is 13.0. The zero-order valence-corrected chi connectivity index (χ0v) is 22.5. The fraction of sp³-hybridized carbons (Fsp3) is 0.680. The van der Waals surface area contributed by atoms with E-state index in [1.807, 2.05) is 0 Å². The lowest BCUT2D eigenvalue weighted by atomic mass is 9.92. The SMILES string of the molecule is CC(C)(N)C(=O)N1CCN(C(=O)Nc2ccn(C3=CCC(CN4CC5CC5(N)C4)CC3)c(=O)n2)CC1.Cl. The van der Waals surface area contributed by atoms with Crippen molar-refractivity contribution in [2.75, 3.05) is 51.1 Å². The number of carbonyl (C=O) groups is 2. The van der Waals surface area contributed by atoms with E-state index in [2.05, 4.69) is 21.3 Å². The van der Waals surface area contributed by atoms with Crippen LogP contribution in [-0.2, 0) is 4.79 Å². The summed E-state index contributed by atoms with van der Waals surface area (Å²) in [6, 6.07) is 1.32. The summed E-state index contributed by atoms with van der Waals surface area (Å²) in [4.78, 5) is 47.6. The van der Waals surface area contributed by atoms with Gasteiger partial charge < -0.3 is 26.2 Å². The van der Waals surface area contributed by atoms with Gasteiger partial charge in [-0.05, 0) is 57.4 Å². The average molecular weight is 535 g/mol. The van der Waals surface area contributed by atoms with Gasteiger partial charge in [-0.1, -0.05) is 6.08 Å². The van der Waals surface area contributed by atoms with E-state index in [4.69, 9.17) is 11.5 Å². The second-order valence-corrected chi connectivity index (χ2v) is 11.6. The van der Waals surface area contributed by atoms with E-state index >= 15 is 0 Å². The Balaban J connectivity index is 0.00000320. The van der Waals surface area contributed by atoms with Crippen molar-refractivity contribution in [3.8, 4) is 0 Å². The molecule has 2 aliphatic carbocycles. The molecule has 1 saturated carbocycles. The second-order valence-electron chi connectivity index (χ2n) is 11.6. The molecule has 3 atom stereocenters. The van der Waals surface area contributed by atoms with Crippen molar-refractivity contribution in [1.82, 2.24) is 24.3 Å². The minimum absolute atomic E-state index is 0. The Kier molecular flexibility index (Phi) is 7.72. The molecule has 2 saturated heterocycles. The maximum Gasteiger partial charge on any atom is 0.353 e. The third kappa shape index (κ3) is 6.00. The molecule has 4 aliphatic rings. The number of fused-ring (bicyclic) bond motifs is 1. The molecule has 1 aromatic rings. The van der Waals surface area contributed by atoms with Gasteiger partial charge in [-0.2, -0.15) is 4.98 Å². The van der Waals surface area contributed by atoms with Crippen LogP contribution in [0.1, 0.15) is 39.5 Å². The van der Waals surface area contributed by atoms with Crippen LogP contribution >= 0.6 is 12.4 Å². The number of piperidine rings is 1. The molecule has 37 heavy (non-hydrogen) atoms. The molecule has 5 N–H and O–H groups in total. The van der Waals surface area contributed by atoms with Crippen molar-refractivity contribution in [1.29, 1.82) is 0 Å². The van der Waals surface area contributed by atoms with Crippen LogP contribution in [0.3, 0.4) is 0 Å². The molecule has 3 heterocycles. The number of halogens is 1. The van der Waals surface area contributed by atoms with Gasteiger partial charge in [0, 0.05) is 63.2 Å². The number of piperazine rings is 1. The van der Waals surface area contributed by atoms with E-state index in [-0.39, 0.29) is 35.7 Å². The highest BCUT2D eigenvalue weighted by molar-refractivity contribution is 5.89.